The summed E-state index contributed by atoms with van der Waals surface area (Å²) in [5.41, 5.74) is 4.61. The molecule has 0 atom stereocenters. The van der Waals surface area contributed by atoms with Crippen LogP contribution in [0.2, 0.25) is 0 Å². The lowest BCUT2D eigenvalue weighted by Crippen LogP contribution is -2.29. The Hall–Kier alpha value is -3.02. The topological polar surface area (TPSA) is 57.7 Å². The van der Waals surface area contributed by atoms with Crippen LogP contribution in [0.1, 0.15) is 44.1 Å². The number of halogens is 1. The zero-order valence-corrected chi connectivity index (χ0v) is 19.2. The minimum Gasteiger partial charge on any atom is -0.356 e. The minimum absolute atomic E-state index is 0.292. The van der Waals surface area contributed by atoms with Crippen molar-refractivity contribution in [3.8, 4) is 11.1 Å². The Morgan fingerprint density at radius 1 is 1.03 bits per heavy atom. The van der Waals surface area contributed by atoms with Crippen LogP contribution in [0.15, 0.2) is 24.4 Å². The van der Waals surface area contributed by atoms with Crippen molar-refractivity contribution < 1.29 is 4.39 Å². The highest BCUT2D eigenvalue weighted by atomic mass is 19.1. The molecule has 2 heterocycles. The average molecular weight is 420 g/mol. The van der Waals surface area contributed by atoms with E-state index in [-0.39, 0.29) is 5.82 Å². The van der Waals surface area contributed by atoms with Crippen molar-refractivity contribution in [1.29, 1.82) is 0 Å². The third-order valence-corrected chi connectivity index (χ3v) is 5.68. The van der Waals surface area contributed by atoms with Gasteiger partial charge < -0.3 is 4.90 Å². The number of hydrogen-bond acceptors (Lipinski definition) is 4. The maximum absolute atomic E-state index is 16.2. The molecule has 5 nitrogen and oxygen atoms in total. The molecular formula is C25H30FN5. The van der Waals surface area contributed by atoms with Gasteiger partial charge in [0.15, 0.2) is 5.82 Å². The molecule has 1 N–H and O–H groups in total. The number of rotatable bonds is 6. The van der Waals surface area contributed by atoms with Crippen LogP contribution in [0, 0.1) is 32.5 Å². The summed E-state index contributed by atoms with van der Waals surface area (Å²) in [6, 6.07) is 6.03. The first-order valence-corrected chi connectivity index (χ1v) is 11.0. The number of benzene rings is 2. The van der Waals surface area contributed by atoms with Gasteiger partial charge in [-0.2, -0.15) is 5.10 Å². The maximum atomic E-state index is 16.2. The van der Waals surface area contributed by atoms with Crippen molar-refractivity contribution in [2.75, 3.05) is 18.0 Å². The van der Waals surface area contributed by atoms with Crippen LogP contribution in [0.4, 0.5) is 10.2 Å². The first-order valence-electron chi connectivity index (χ1n) is 11.0. The Morgan fingerprint density at radius 3 is 2.52 bits per heavy atom. The van der Waals surface area contributed by atoms with Gasteiger partial charge in [-0.15, -0.1) is 0 Å². The molecule has 0 amide bonds. The molecule has 6 heteroatoms. The second-order valence-corrected chi connectivity index (χ2v) is 8.80. The van der Waals surface area contributed by atoms with E-state index in [0.717, 1.165) is 58.3 Å². The minimum atomic E-state index is -0.292. The summed E-state index contributed by atoms with van der Waals surface area (Å²) in [7, 11) is 0. The van der Waals surface area contributed by atoms with Gasteiger partial charge in [-0.25, -0.2) is 14.4 Å². The van der Waals surface area contributed by atoms with E-state index in [1.807, 2.05) is 39.0 Å². The SMILES string of the molecule is CCCN(CC(C)C)c1nc(C)nc2c(F)c(-c3c(C)ccc4[nH]ncc34)c(C)cc12. The number of nitrogens with one attached hydrogen (secondary N) is 1. The van der Waals surface area contributed by atoms with E-state index >= 15 is 4.39 Å². The van der Waals surface area contributed by atoms with Gasteiger partial charge in [0.1, 0.15) is 17.2 Å². The Kier molecular flexibility index (Phi) is 5.65. The van der Waals surface area contributed by atoms with E-state index in [1.165, 1.54) is 0 Å². The Balaban J connectivity index is 2.02. The summed E-state index contributed by atoms with van der Waals surface area (Å²) >= 11 is 0. The first kappa shape index (κ1) is 21.2. The highest BCUT2D eigenvalue weighted by Gasteiger charge is 2.23. The molecule has 162 valence electrons. The molecule has 4 rings (SSSR count). The van der Waals surface area contributed by atoms with Crippen LogP contribution in [-0.2, 0) is 0 Å². The number of hydrogen-bond donors (Lipinski definition) is 1. The number of H-pyrrole nitrogens is 1. The van der Waals surface area contributed by atoms with Gasteiger partial charge in [0.25, 0.3) is 0 Å². The second kappa shape index (κ2) is 8.25. The monoisotopic (exact) mass is 419 g/mol. The highest BCUT2D eigenvalue weighted by molar-refractivity contribution is 6.01. The maximum Gasteiger partial charge on any atom is 0.157 e. The van der Waals surface area contributed by atoms with Crippen LogP contribution in [0.3, 0.4) is 0 Å². The average Bonchev–Trinajstić information content (AvgIpc) is 3.18. The number of anilines is 1. The predicted octanol–water partition coefficient (Wildman–Crippen LogP) is 6.11. The summed E-state index contributed by atoms with van der Waals surface area (Å²) in [5, 5.41) is 8.85. The second-order valence-electron chi connectivity index (χ2n) is 8.80. The third-order valence-electron chi connectivity index (χ3n) is 5.68. The van der Waals surface area contributed by atoms with E-state index in [9.17, 15) is 0 Å². The van der Waals surface area contributed by atoms with Crippen molar-refractivity contribution in [2.24, 2.45) is 5.92 Å². The van der Waals surface area contributed by atoms with Gasteiger partial charge in [0.05, 0.1) is 11.7 Å². The predicted molar refractivity (Wildman–Crippen MR) is 126 cm³/mol. The van der Waals surface area contributed by atoms with Crippen molar-refractivity contribution in [2.45, 2.75) is 48.0 Å². The highest BCUT2D eigenvalue weighted by Crippen LogP contribution is 2.39. The standard InChI is InChI=1S/C25H30FN5/c1-7-10-31(13-14(2)3)25-18-11-16(5)22(23(26)24(18)28-17(6)29-25)21-15(4)8-9-20-19(21)12-27-30-20/h8-9,11-12,14H,7,10,13H2,1-6H3,(H,27,30). The summed E-state index contributed by atoms with van der Waals surface area (Å²) in [6.07, 6.45) is 2.77. The van der Waals surface area contributed by atoms with Crippen LogP contribution in [0.5, 0.6) is 0 Å². The molecule has 0 saturated carbocycles. The third kappa shape index (κ3) is 3.75. The van der Waals surface area contributed by atoms with E-state index in [1.54, 1.807) is 6.20 Å². The van der Waals surface area contributed by atoms with Crippen molar-refractivity contribution in [3.63, 3.8) is 0 Å². The largest absolute Gasteiger partial charge is 0.356 e. The van der Waals surface area contributed by atoms with E-state index in [0.29, 0.717) is 22.8 Å². The van der Waals surface area contributed by atoms with Gasteiger partial charge in [0.2, 0.25) is 0 Å². The molecule has 2 aromatic carbocycles. The summed E-state index contributed by atoms with van der Waals surface area (Å²) in [6.45, 7) is 14.1. The van der Waals surface area contributed by atoms with E-state index in [2.05, 4.69) is 40.9 Å². The quantitative estimate of drug-likeness (QED) is 0.410. The summed E-state index contributed by atoms with van der Waals surface area (Å²) < 4.78 is 16.2. The van der Waals surface area contributed by atoms with Crippen molar-refractivity contribution >= 4 is 27.6 Å². The van der Waals surface area contributed by atoms with E-state index in [4.69, 9.17) is 4.98 Å². The van der Waals surface area contributed by atoms with Crippen LogP contribution in [0.25, 0.3) is 32.9 Å². The number of nitrogens with zero attached hydrogens (tertiary/aromatic N) is 4. The normalized spacial score (nSPS) is 11.7. The summed E-state index contributed by atoms with van der Waals surface area (Å²) in [4.78, 5) is 11.6. The first-order chi connectivity index (χ1) is 14.8. The molecule has 0 unspecified atom stereocenters. The fourth-order valence-corrected chi connectivity index (χ4v) is 4.45. The van der Waals surface area contributed by atoms with Gasteiger partial charge in [-0.05, 0) is 61.9 Å². The molecule has 2 aromatic heterocycles. The zero-order valence-electron chi connectivity index (χ0n) is 19.2. The lowest BCUT2D eigenvalue weighted by Gasteiger charge is -2.27. The molecule has 4 aromatic rings. The fraction of sp³-hybridized carbons (Fsp3) is 0.400. The number of aromatic amines is 1. The van der Waals surface area contributed by atoms with E-state index < -0.39 is 0 Å². The number of aromatic nitrogens is 4. The van der Waals surface area contributed by atoms with Crippen LogP contribution < -0.4 is 4.90 Å². The van der Waals surface area contributed by atoms with Crippen LogP contribution in [-0.4, -0.2) is 33.3 Å². The number of aryl methyl sites for hydroxylation is 3. The molecule has 0 spiro atoms. The van der Waals surface area contributed by atoms with Crippen LogP contribution >= 0.6 is 0 Å². The Labute approximate surface area is 182 Å². The Morgan fingerprint density at radius 2 is 1.81 bits per heavy atom. The summed E-state index contributed by atoms with van der Waals surface area (Å²) in [5.74, 6) is 1.59. The molecule has 0 aliphatic carbocycles. The molecule has 0 fully saturated rings. The Bertz CT molecular complexity index is 1260. The van der Waals surface area contributed by atoms with Gasteiger partial charge in [-0.1, -0.05) is 26.8 Å². The van der Waals surface area contributed by atoms with Crippen molar-refractivity contribution in [3.05, 3.63) is 47.2 Å². The molecule has 0 saturated heterocycles. The number of fused-ring (bicyclic) bond motifs is 2. The van der Waals surface area contributed by atoms with Gasteiger partial charge in [0, 0.05) is 29.4 Å². The molecule has 0 aliphatic heterocycles. The fourth-order valence-electron chi connectivity index (χ4n) is 4.45. The molecule has 31 heavy (non-hydrogen) atoms. The lowest BCUT2D eigenvalue weighted by molar-refractivity contribution is 0.601. The van der Waals surface area contributed by atoms with Gasteiger partial charge >= 0.3 is 0 Å². The molecule has 0 aliphatic rings. The van der Waals surface area contributed by atoms with Gasteiger partial charge in [-0.3, -0.25) is 5.10 Å². The molecule has 0 bridgehead atoms. The molecule has 0 radical (unpaired) electrons. The van der Waals surface area contributed by atoms with Crippen molar-refractivity contribution in [1.82, 2.24) is 20.2 Å². The smallest absolute Gasteiger partial charge is 0.157 e. The zero-order chi connectivity index (χ0) is 22.3. The lowest BCUT2D eigenvalue weighted by atomic mass is 9.92. The molecular weight excluding hydrogens is 389 g/mol.